The van der Waals surface area contributed by atoms with Gasteiger partial charge in [-0.1, -0.05) is 60.1 Å². The van der Waals surface area contributed by atoms with Gasteiger partial charge in [0.05, 0.1) is 77.5 Å². The predicted octanol–water partition coefficient (Wildman–Crippen LogP) is 11.8. The summed E-state index contributed by atoms with van der Waals surface area (Å²) in [7, 11) is 0. The number of alkyl halides is 6. The first-order chi connectivity index (χ1) is 32.3. The molecule has 2 aromatic carbocycles. The van der Waals surface area contributed by atoms with E-state index in [2.05, 4.69) is 50.6 Å². The molecule has 0 bridgehead atoms. The maximum atomic E-state index is 12.8. The van der Waals surface area contributed by atoms with Crippen LogP contribution < -0.4 is 10.6 Å². The molecule has 342 valence electrons. The molecule has 7 heterocycles. The fraction of sp³-hybridized carbons (Fsp3) is 0.255. The van der Waals surface area contributed by atoms with E-state index in [1.807, 2.05) is 60.9 Å². The van der Waals surface area contributed by atoms with E-state index in [4.69, 9.17) is 16.7 Å². The molecule has 2 fully saturated rings. The van der Waals surface area contributed by atoms with E-state index in [-0.39, 0.29) is 18.2 Å². The van der Waals surface area contributed by atoms with Crippen molar-refractivity contribution in [3.05, 3.63) is 127 Å². The number of aromatic nitrogens is 11. The third kappa shape index (κ3) is 10.1. The summed E-state index contributed by atoms with van der Waals surface area (Å²) < 4.78 is 78.9. The van der Waals surface area contributed by atoms with Crippen LogP contribution in [-0.2, 0) is 0 Å². The van der Waals surface area contributed by atoms with Gasteiger partial charge in [-0.15, -0.1) is 0 Å². The van der Waals surface area contributed by atoms with Gasteiger partial charge in [-0.3, -0.25) is 4.98 Å². The minimum Gasteiger partial charge on any atom is -0.382 e. The van der Waals surface area contributed by atoms with Crippen molar-refractivity contribution in [2.75, 3.05) is 23.7 Å². The van der Waals surface area contributed by atoms with Crippen molar-refractivity contribution in [3.63, 3.8) is 0 Å². The minimum atomic E-state index is -4.25. The summed E-state index contributed by atoms with van der Waals surface area (Å²) in [5.74, 6) is 3.18. The molecule has 0 atom stereocenters. The Hall–Kier alpha value is -7.28. The van der Waals surface area contributed by atoms with Crippen LogP contribution in [-0.4, -0.2) is 79.6 Å². The van der Waals surface area contributed by atoms with Gasteiger partial charge in [0.2, 0.25) is 0 Å². The van der Waals surface area contributed by atoms with Crippen molar-refractivity contribution in [1.82, 2.24) is 54.1 Å². The standard InChI is InChI=1S/C26H22F3N7.C21H18ClF3N6/c27-26(28,29)9-12-31-21-13-20(17-7-10-30-11-8-17)35-36-23(15-33-25(21)36)18-3-1-16(2-4-18)22-14-32-24(34-22)19-5-6-19;22-18-9-15(26-8-7-21(23,24)25)20-28-11-17(31(20)30-18)13-3-1-12(2-4-13)16-10-27-19(29-16)14-5-6-14/h1-4,7-8,10-11,13-15,19,31H,5-6,9,12H2,(H,32,34);1-4,9-11,14,26H,5-8H2,(H,27,29). The highest BCUT2D eigenvalue weighted by Gasteiger charge is 2.29. The zero-order valence-electron chi connectivity index (χ0n) is 35.4. The van der Waals surface area contributed by atoms with Gasteiger partial charge >= 0.3 is 12.4 Å². The maximum absolute atomic E-state index is 12.8. The molecule has 2 saturated carbocycles. The fourth-order valence-electron chi connectivity index (χ4n) is 7.64. The van der Waals surface area contributed by atoms with Gasteiger partial charge in [-0.25, -0.2) is 29.0 Å². The minimum absolute atomic E-state index is 0.156. The van der Waals surface area contributed by atoms with Crippen molar-refractivity contribution < 1.29 is 26.3 Å². The quantitative estimate of drug-likeness (QED) is 0.0827. The number of halogens is 7. The highest BCUT2D eigenvalue weighted by atomic mass is 35.5. The van der Waals surface area contributed by atoms with Crippen LogP contribution in [0.2, 0.25) is 5.15 Å². The van der Waals surface area contributed by atoms with Gasteiger partial charge in [0.15, 0.2) is 16.4 Å². The van der Waals surface area contributed by atoms with Gasteiger partial charge in [0.25, 0.3) is 0 Å². The fourth-order valence-corrected chi connectivity index (χ4v) is 7.82. The summed E-state index contributed by atoms with van der Waals surface area (Å²) in [6.07, 6.45) is 4.65. The summed E-state index contributed by atoms with van der Waals surface area (Å²) in [4.78, 5) is 28.6. The lowest BCUT2D eigenvalue weighted by atomic mass is 10.1. The molecule has 0 amide bonds. The molecule has 11 rings (SSSR count). The number of hydrogen-bond donors (Lipinski definition) is 4. The van der Waals surface area contributed by atoms with Crippen molar-refractivity contribution in [2.24, 2.45) is 0 Å². The molecule has 2 aliphatic carbocycles. The number of rotatable bonds is 13. The number of H-pyrrole nitrogens is 2. The largest absolute Gasteiger partial charge is 0.390 e. The van der Waals surface area contributed by atoms with E-state index < -0.39 is 25.2 Å². The molecule has 2 aliphatic rings. The number of fused-ring (bicyclic) bond motifs is 2. The first-order valence-electron chi connectivity index (χ1n) is 21.6. The van der Waals surface area contributed by atoms with E-state index in [1.54, 1.807) is 47.5 Å². The normalized spacial score (nSPS) is 14.1. The molecule has 9 aromatic rings. The van der Waals surface area contributed by atoms with Crippen LogP contribution in [0.15, 0.2) is 110 Å². The number of nitrogens with zero attached hydrogens (tertiary/aromatic N) is 9. The Labute approximate surface area is 383 Å². The van der Waals surface area contributed by atoms with Crippen LogP contribution >= 0.6 is 11.6 Å². The summed E-state index contributed by atoms with van der Waals surface area (Å²) in [6, 6.07) is 22.6. The summed E-state index contributed by atoms with van der Waals surface area (Å²) in [5.41, 5.74) is 10.3. The lowest BCUT2D eigenvalue weighted by Crippen LogP contribution is -2.15. The van der Waals surface area contributed by atoms with Crippen LogP contribution in [0.3, 0.4) is 0 Å². The summed E-state index contributed by atoms with van der Waals surface area (Å²) in [5, 5.41) is 14.8. The van der Waals surface area contributed by atoms with Crippen LogP contribution in [0.5, 0.6) is 0 Å². The predicted molar refractivity (Wildman–Crippen MR) is 243 cm³/mol. The van der Waals surface area contributed by atoms with Gasteiger partial charge in [0.1, 0.15) is 11.6 Å². The topological polar surface area (TPSA) is 155 Å². The van der Waals surface area contributed by atoms with Crippen LogP contribution in [0.4, 0.5) is 37.7 Å². The Morgan fingerprint density at radius 1 is 0.552 bits per heavy atom. The molecule has 0 spiro atoms. The Morgan fingerprint density at radius 2 is 1.00 bits per heavy atom. The molecular weight excluding hydrogens is 896 g/mol. The average Bonchev–Trinajstić information content (AvgIpc) is 4.11. The molecule has 13 nitrogen and oxygen atoms in total. The Morgan fingerprint density at radius 3 is 1.46 bits per heavy atom. The Balaban J connectivity index is 0.000000159. The number of nitrogens with one attached hydrogen (secondary N) is 4. The number of imidazole rings is 4. The number of anilines is 2. The van der Waals surface area contributed by atoms with E-state index in [0.717, 1.165) is 56.5 Å². The molecular formula is C47H40ClF6N13. The molecule has 7 aromatic heterocycles. The zero-order chi connectivity index (χ0) is 46.3. The van der Waals surface area contributed by atoms with Crippen LogP contribution in [0.1, 0.15) is 62.0 Å². The van der Waals surface area contributed by atoms with Crippen LogP contribution in [0, 0.1) is 0 Å². The lowest BCUT2D eigenvalue weighted by Gasteiger charge is -2.12. The molecule has 0 saturated heterocycles. The number of benzene rings is 2. The molecule has 4 N–H and O–H groups in total. The number of aromatic amines is 2. The zero-order valence-corrected chi connectivity index (χ0v) is 36.1. The van der Waals surface area contributed by atoms with E-state index in [9.17, 15) is 26.3 Å². The maximum Gasteiger partial charge on any atom is 0.390 e. The van der Waals surface area contributed by atoms with Crippen molar-refractivity contribution in [2.45, 2.75) is 62.7 Å². The summed E-state index contributed by atoms with van der Waals surface area (Å²) >= 11 is 6.11. The van der Waals surface area contributed by atoms with Crippen LogP contribution in [0.25, 0.3) is 67.6 Å². The van der Waals surface area contributed by atoms with Gasteiger partial charge in [-0.05, 0) is 55.0 Å². The molecule has 0 aliphatic heterocycles. The molecule has 0 unspecified atom stereocenters. The van der Waals surface area contributed by atoms with E-state index in [1.165, 1.54) is 36.3 Å². The second-order valence-electron chi connectivity index (χ2n) is 16.5. The van der Waals surface area contributed by atoms with Crippen molar-refractivity contribution in [1.29, 1.82) is 0 Å². The van der Waals surface area contributed by atoms with E-state index in [0.29, 0.717) is 45.9 Å². The molecule has 20 heteroatoms. The SMILES string of the molecule is FC(F)(F)CCNc1cc(-c2ccncc2)nn2c(-c3ccc(-c4cnc(C5CC5)[nH]4)cc3)cnc12.FC(F)(F)CCNc1cc(Cl)nn2c(-c3ccc(-c4cnc(C5CC5)[nH]4)cc3)cnc12. The Kier molecular flexibility index (Phi) is 11.6. The smallest absolute Gasteiger partial charge is 0.382 e. The van der Waals surface area contributed by atoms with Gasteiger partial charge < -0.3 is 20.6 Å². The van der Waals surface area contributed by atoms with Crippen molar-refractivity contribution in [3.8, 4) is 56.3 Å². The second kappa shape index (κ2) is 17.8. The lowest BCUT2D eigenvalue weighted by molar-refractivity contribution is -0.132. The second-order valence-corrected chi connectivity index (χ2v) is 16.9. The first kappa shape index (κ1) is 43.6. The monoisotopic (exact) mass is 935 g/mol. The van der Waals surface area contributed by atoms with Gasteiger partial charge in [-0.2, -0.15) is 36.5 Å². The number of hydrogen-bond acceptors (Lipinski definition) is 9. The first-order valence-corrected chi connectivity index (χ1v) is 22.0. The molecule has 67 heavy (non-hydrogen) atoms. The highest BCUT2D eigenvalue weighted by molar-refractivity contribution is 6.29. The average molecular weight is 936 g/mol. The third-order valence-corrected chi connectivity index (χ3v) is 11.6. The molecule has 0 radical (unpaired) electrons. The Bertz CT molecular complexity index is 3150. The third-order valence-electron chi connectivity index (χ3n) is 11.4. The van der Waals surface area contributed by atoms with E-state index >= 15 is 0 Å². The van der Waals surface area contributed by atoms with Gasteiger partial charge in [0, 0.05) is 60.1 Å². The van der Waals surface area contributed by atoms with Crippen molar-refractivity contribution >= 4 is 34.3 Å². The summed E-state index contributed by atoms with van der Waals surface area (Å²) in [6.45, 7) is -0.535. The highest BCUT2D eigenvalue weighted by Crippen LogP contribution is 2.40. The number of pyridine rings is 1.